The summed E-state index contributed by atoms with van der Waals surface area (Å²) in [6.07, 6.45) is 3.31. The molecule has 7 nitrogen and oxygen atoms in total. The molecule has 2 aliphatic rings. The first-order valence-corrected chi connectivity index (χ1v) is 9.78. The minimum atomic E-state index is 0.123. The number of fused-ring (bicyclic) bond motifs is 1. The number of aromatic nitrogens is 2. The predicted octanol–water partition coefficient (Wildman–Crippen LogP) is 3.35. The largest absolute Gasteiger partial charge is 0.454 e. The number of benzene rings is 1. The fraction of sp³-hybridized carbons (Fsp3) is 0.500. The van der Waals surface area contributed by atoms with Crippen molar-refractivity contribution in [3.63, 3.8) is 0 Å². The number of carbonyl (C=O) groups excluding carboxylic acids is 1. The van der Waals surface area contributed by atoms with Crippen molar-refractivity contribution in [3.8, 4) is 23.0 Å². The summed E-state index contributed by atoms with van der Waals surface area (Å²) in [5.41, 5.74) is 0.762. The van der Waals surface area contributed by atoms with Crippen molar-refractivity contribution in [3.05, 3.63) is 18.2 Å². The molecule has 1 amide bonds. The summed E-state index contributed by atoms with van der Waals surface area (Å²) >= 11 is 1.28. The molecule has 2 atom stereocenters. The molecule has 1 fully saturated rings. The Hall–Kier alpha value is -2.22. The van der Waals surface area contributed by atoms with Crippen LogP contribution in [0, 0.1) is 0 Å². The summed E-state index contributed by atoms with van der Waals surface area (Å²) in [6.45, 7) is 4.45. The second-order valence-corrected chi connectivity index (χ2v) is 7.59. The van der Waals surface area contributed by atoms with Crippen molar-refractivity contribution in [2.45, 2.75) is 50.4 Å². The Labute approximate surface area is 156 Å². The van der Waals surface area contributed by atoms with E-state index in [1.807, 2.05) is 23.1 Å². The number of hydrogen-bond acceptors (Lipinski definition) is 7. The van der Waals surface area contributed by atoms with Crippen LogP contribution in [-0.4, -0.2) is 45.6 Å². The maximum absolute atomic E-state index is 12.6. The SMILES string of the molecule is C[C@@H]1CCC[C@@H](C)N1C(=O)CSc1nnc(-c2ccc3c(c2)OCO3)o1. The Morgan fingerprint density at radius 1 is 1.19 bits per heavy atom. The summed E-state index contributed by atoms with van der Waals surface area (Å²) in [5.74, 6) is 2.20. The van der Waals surface area contributed by atoms with Crippen LogP contribution in [0.4, 0.5) is 0 Å². The Morgan fingerprint density at radius 2 is 1.96 bits per heavy atom. The van der Waals surface area contributed by atoms with Gasteiger partial charge in [0.2, 0.25) is 18.6 Å². The predicted molar refractivity (Wildman–Crippen MR) is 96.2 cm³/mol. The second kappa shape index (κ2) is 7.19. The van der Waals surface area contributed by atoms with Crippen LogP contribution in [0.1, 0.15) is 33.1 Å². The first-order chi connectivity index (χ1) is 12.6. The number of carbonyl (C=O) groups is 1. The third-order valence-corrected chi connectivity index (χ3v) is 5.63. The summed E-state index contributed by atoms with van der Waals surface area (Å²) in [7, 11) is 0. The van der Waals surface area contributed by atoms with Crippen molar-refractivity contribution in [1.29, 1.82) is 0 Å². The summed E-state index contributed by atoms with van der Waals surface area (Å²) < 4.78 is 16.4. The topological polar surface area (TPSA) is 77.7 Å². The number of hydrogen-bond donors (Lipinski definition) is 0. The minimum Gasteiger partial charge on any atom is -0.454 e. The summed E-state index contributed by atoms with van der Waals surface area (Å²) in [4.78, 5) is 14.6. The van der Waals surface area contributed by atoms with Crippen LogP contribution < -0.4 is 9.47 Å². The highest BCUT2D eigenvalue weighted by atomic mass is 32.2. The number of rotatable bonds is 4. The Balaban J connectivity index is 1.40. The van der Waals surface area contributed by atoms with E-state index < -0.39 is 0 Å². The lowest BCUT2D eigenvalue weighted by Crippen LogP contribution is -2.48. The van der Waals surface area contributed by atoms with Crippen LogP contribution in [0.5, 0.6) is 11.5 Å². The fourth-order valence-electron chi connectivity index (χ4n) is 3.53. The molecule has 8 heteroatoms. The number of piperidine rings is 1. The van der Waals surface area contributed by atoms with Crippen molar-refractivity contribution < 1.29 is 18.7 Å². The highest BCUT2D eigenvalue weighted by Crippen LogP contribution is 2.36. The number of ether oxygens (including phenoxy) is 2. The van der Waals surface area contributed by atoms with E-state index in [2.05, 4.69) is 24.0 Å². The van der Waals surface area contributed by atoms with Crippen molar-refractivity contribution in [2.75, 3.05) is 12.5 Å². The second-order valence-electron chi connectivity index (χ2n) is 6.66. The summed E-state index contributed by atoms with van der Waals surface area (Å²) in [6, 6.07) is 6.05. The van der Waals surface area contributed by atoms with Crippen molar-refractivity contribution in [1.82, 2.24) is 15.1 Å². The lowest BCUT2D eigenvalue weighted by Gasteiger charge is -2.39. The molecule has 26 heavy (non-hydrogen) atoms. The molecule has 0 radical (unpaired) electrons. The molecule has 0 unspecified atom stereocenters. The zero-order chi connectivity index (χ0) is 18.1. The number of thioether (sulfide) groups is 1. The Morgan fingerprint density at radius 3 is 2.77 bits per heavy atom. The maximum Gasteiger partial charge on any atom is 0.277 e. The molecule has 1 saturated heterocycles. The van der Waals surface area contributed by atoms with Gasteiger partial charge in [0.15, 0.2) is 11.5 Å². The zero-order valence-electron chi connectivity index (χ0n) is 14.8. The number of nitrogens with zero attached hydrogens (tertiary/aromatic N) is 3. The van der Waals surface area contributed by atoms with E-state index in [1.54, 1.807) is 0 Å². The quantitative estimate of drug-likeness (QED) is 0.758. The normalized spacial score (nSPS) is 21.8. The number of likely N-dealkylation sites (tertiary alicyclic amines) is 1. The molecule has 1 aromatic carbocycles. The minimum absolute atomic E-state index is 0.123. The maximum atomic E-state index is 12.6. The zero-order valence-corrected chi connectivity index (χ0v) is 15.6. The van der Waals surface area contributed by atoms with E-state index in [9.17, 15) is 4.79 Å². The third-order valence-electron chi connectivity index (χ3n) is 4.83. The lowest BCUT2D eigenvalue weighted by molar-refractivity contribution is -0.134. The molecule has 0 saturated carbocycles. The van der Waals surface area contributed by atoms with Gasteiger partial charge in [-0.1, -0.05) is 11.8 Å². The Kier molecular flexibility index (Phi) is 4.76. The summed E-state index contributed by atoms with van der Waals surface area (Å²) in [5, 5.41) is 8.51. The van der Waals surface area contributed by atoms with Crippen LogP contribution in [0.3, 0.4) is 0 Å². The third kappa shape index (κ3) is 3.38. The highest BCUT2D eigenvalue weighted by molar-refractivity contribution is 7.99. The molecule has 0 spiro atoms. The van der Waals surface area contributed by atoms with E-state index in [0.29, 0.717) is 40.4 Å². The van der Waals surface area contributed by atoms with Crippen LogP contribution in [0.2, 0.25) is 0 Å². The van der Waals surface area contributed by atoms with E-state index in [-0.39, 0.29) is 12.7 Å². The molecule has 2 aromatic rings. The van der Waals surface area contributed by atoms with Gasteiger partial charge in [-0.15, -0.1) is 10.2 Å². The van der Waals surface area contributed by atoms with Gasteiger partial charge < -0.3 is 18.8 Å². The van der Waals surface area contributed by atoms with Gasteiger partial charge in [0, 0.05) is 17.6 Å². The molecule has 2 aliphatic heterocycles. The van der Waals surface area contributed by atoms with E-state index >= 15 is 0 Å². The van der Waals surface area contributed by atoms with Crippen molar-refractivity contribution >= 4 is 17.7 Å². The van der Waals surface area contributed by atoms with Gasteiger partial charge >= 0.3 is 0 Å². The van der Waals surface area contributed by atoms with Gasteiger partial charge in [-0.3, -0.25) is 4.79 Å². The van der Waals surface area contributed by atoms with Crippen LogP contribution >= 0.6 is 11.8 Å². The lowest BCUT2D eigenvalue weighted by atomic mass is 9.98. The highest BCUT2D eigenvalue weighted by Gasteiger charge is 2.29. The first kappa shape index (κ1) is 17.2. The Bertz CT molecular complexity index is 799. The molecule has 0 bridgehead atoms. The van der Waals surface area contributed by atoms with Crippen molar-refractivity contribution in [2.24, 2.45) is 0 Å². The first-order valence-electron chi connectivity index (χ1n) is 8.79. The number of amides is 1. The van der Waals surface area contributed by atoms with Gasteiger partial charge in [0.05, 0.1) is 5.75 Å². The molecule has 0 aliphatic carbocycles. The van der Waals surface area contributed by atoms with Gasteiger partial charge in [0.1, 0.15) is 0 Å². The monoisotopic (exact) mass is 375 g/mol. The average molecular weight is 375 g/mol. The smallest absolute Gasteiger partial charge is 0.277 e. The van der Waals surface area contributed by atoms with Gasteiger partial charge in [-0.05, 0) is 51.3 Å². The van der Waals surface area contributed by atoms with Gasteiger partial charge in [-0.25, -0.2) is 0 Å². The molecule has 3 heterocycles. The van der Waals surface area contributed by atoms with E-state index in [1.165, 1.54) is 18.2 Å². The standard InChI is InChI=1S/C18H21N3O4S/c1-11-4-3-5-12(2)21(11)16(22)9-26-18-20-19-17(25-18)13-6-7-14-15(8-13)24-10-23-14/h6-8,11-12H,3-5,9-10H2,1-2H3/t11-,12-/m1/s1. The van der Waals surface area contributed by atoms with Crippen LogP contribution in [-0.2, 0) is 4.79 Å². The molecule has 0 N–H and O–H groups in total. The fourth-order valence-corrected chi connectivity index (χ4v) is 4.16. The average Bonchev–Trinajstić information content (AvgIpc) is 3.28. The van der Waals surface area contributed by atoms with Gasteiger partial charge in [0.25, 0.3) is 5.22 Å². The molecule has 4 rings (SSSR count). The van der Waals surface area contributed by atoms with Crippen LogP contribution in [0.25, 0.3) is 11.5 Å². The molecular formula is C18H21N3O4S. The molecule has 138 valence electrons. The molecule has 1 aromatic heterocycles. The van der Waals surface area contributed by atoms with E-state index in [4.69, 9.17) is 13.9 Å². The van der Waals surface area contributed by atoms with E-state index in [0.717, 1.165) is 18.4 Å². The van der Waals surface area contributed by atoms with Gasteiger partial charge in [-0.2, -0.15) is 0 Å². The molecular weight excluding hydrogens is 354 g/mol. The van der Waals surface area contributed by atoms with Crippen LogP contribution in [0.15, 0.2) is 27.8 Å².